The Bertz CT molecular complexity index is 193. The van der Waals surface area contributed by atoms with Crippen molar-refractivity contribution in [2.24, 2.45) is 5.73 Å². The molecule has 0 aliphatic carbocycles. The van der Waals surface area contributed by atoms with Gasteiger partial charge < -0.3 is 10.6 Å². The molecule has 13 heavy (non-hydrogen) atoms. The topological polar surface area (TPSA) is 49.6 Å². The molecule has 2 amide bonds. The Balaban J connectivity index is 2.51. The lowest BCUT2D eigenvalue weighted by molar-refractivity contribution is 0.0777. The van der Waals surface area contributed by atoms with Gasteiger partial charge in [-0.15, -0.1) is 0 Å². The summed E-state index contributed by atoms with van der Waals surface area (Å²) in [5.41, 5.74) is 5.22. The van der Waals surface area contributed by atoms with E-state index >= 15 is 0 Å². The SMILES string of the molecule is CC(C)N1CCN(C(N)=O)C[C@H]1C. The van der Waals surface area contributed by atoms with Gasteiger partial charge in [-0.3, -0.25) is 4.90 Å². The van der Waals surface area contributed by atoms with Crippen molar-refractivity contribution in [3.63, 3.8) is 0 Å². The second-order valence-electron chi connectivity index (χ2n) is 3.96. The van der Waals surface area contributed by atoms with E-state index in [0.29, 0.717) is 12.1 Å². The third kappa shape index (κ3) is 2.34. The number of piperazine rings is 1. The van der Waals surface area contributed by atoms with Crippen molar-refractivity contribution in [2.45, 2.75) is 32.9 Å². The molecular formula is C9H19N3O. The van der Waals surface area contributed by atoms with E-state index in [4.69, 9.17) is 5.73 Å². The molecule has 0 aromatic carbocycles. The van der Waals surface area contributed by atoms with E-state index < -0.39 is 0 Å². The number of urea groups is 1. The summed E-state index contributed by atoms with van der Waals surface area (Å²) in [7, 11) is 0. The second-order valence-corrected chi connectivity index (χ2v) is 3.96. The third-order valence-electron chi connectivity index (χ3n) is 2.65. The highest BCUT2D eigenvalue weighted by atomic mass is 16.2. The monoisotopic (exact) mass is 185 g/mol. The van der Waals surface area contributed by atoms with Crippen molar-refractivity contribution in [3.05, 3.63) is 0 Å². The van der Waals surface area contributed by atoms with E-state index in [9.17, 15) is 4.79 Å². The predicted octanol–water partition coefficient (Wildman–Crippen LogP) is 0.480. The van der Waals surface area contributed by atoms with Gasteiger partial charge in [0, 0.05) is 31.7 Å². The number of primary amides is 1. The fourth-order valence-corrected chi connectivity index (χ4v) is 1.94. The predicted molar refractivity (Wildman–Crippen MR) is 52.5 cm³/mol. The highest BCUT2D eigenvalue weighted by Gasteiger charge is 2.26. The molecule has 4 nitrogen and oxygen atoms in total. The number of carbonyl (C=O) groups excluding carboxylic acids is 1. The first-order valence-corrected chi connectivity index (χ1v) is 4.82. The maximum Gasteiger partial charge on any atom is 0.314 e. The van der Waals surface area contributed by atoms with E-state index in [1.807, 2.05) is 0 Å². The number of hydrogen-bond acceptors (Lipinski definition) is 2. The molecule has 4 heteroatoms. The number of amides is 2. The first kappa shape index (κ1) is 10.3. The lowest BCUT2D eigenvalue weighted by atomic mass is 10.1. The minimum Gasteiger partial charge on any atom is -0.351 e. The average molecular weight is 185 g/mol. The van der Waals surface area contributed by atoms with Gasteiger partial charge in [0.05, 0.1) is 0 Å². The maximum atomic E-state index is 10.9. The number of hydrogen-bond donors (Lipinski definition) is 1. The van der Waals surface area contributed by atoms with Crippen LogP contribution in [0.5, 0.6) is 0 Å². The number of carbonyl (C=O) groups is 1. The van der Waals surface area contributed by atoms with Crippen LogP contribution in [0.2, 0.25) is 0 Å². The molecule has 0 aromatic rings. The molecule has 1 aliphatic rings. The number of rotatable bonds is 1. The molecule has 1 aliphatic heterocycles. The molecule has 0 spiro atoms. The van der Waals surface area contributed by atoms with Crippen LogP contribution >= 0.6 is 0 Å². The average Bonchev–Trinajstić information content (AvgIpc) is 2.03. The van der Waals surface area contributed by atoms with Crippen LogP contribution in [0.4, 0.5) is 4.79 Å². The Kier molecular flexibility index (Phi) is 3.14. The second kappa shape index (κ2) is 3.96. The Morgan fingerprint density at radius 1 is 1.46 bits per heavy atom. The van der Waals surface area contributed by atoms with Crippen LogP contribution in [-0.4, -0.2) is 47.5 Å². The van der Waals surface area contributed by atoms with Crippen molar-refractivity contribution in [2.75, 3.05) is 19.6 Å². The zero-order valence-corrected chi connectivity index (χ0v) is 8.66. The van der Waals surface area contributed by atoms with Crippen LogP contribution in [0.15, 0.2) is 0 Å². The molecule has 1 heterocycles. The van der Waals surface area contributed by atoms with Crippen molar-refractivity contribution in [1.82, 2.24) is 9.80 Å². The summed E-state index contributed by atoms with van der Waals surface area (Å²) in [6.07, 6.45) is 0. The highest BCUT2D eigenvalue weighted by Crippen LogP contribution is 2.12. The molecule has 76 valence electrons. The van der Waals surface area contributed by atoms with Gasteiger partial charge in [-0.05, 0) is 20.8 Å². The summed E-state index contributed by atoms with van der Waals surface area (Å²) in [5, 5.41) is 0. The Labute approximate surface area is 79.7 Å². The Hall–Kier alpha value is -0.770. The summed E-state index contributed by atoms with van der Waals surface area (Å²) in [6.45, 7) is 8.94. The minimum atomic E-state index is -0.296. The first-order chi connectivity index (χ1) is 6.02. The van der Waals surface area contributed by atoms with Crippen molar-refractivity contribution >= 4 is 6.03 Å². The summed E-state index contributed by atoms with van der Waals surface area (Å²) in [5.74, 6) is 0. The molecule has 0 saturated carbocycles. The van der Waals surface area contributed by atoms with E-state index in [2.05, 4.69) is 25.7 Å². The smallest absolute Gasteiger partial charge is 0.314 e. The van der Waals surface area contributed by atoms with Gasteiger partial charge in [-0.1, -0.05) is 0 Å². The van der Waals surface area contributed by atoms with Gasteiger partial charge in [0.1, 0.15) is 0 Å². The van der Waals surface area contributed by atoms with Gasteiger partial charge in [-0.2, -0.15) is 0 Å². The largest absolute Gasteiger partial charge is 0.351 e. The zero-order valence-electron chi connectivity index (χ0n) is 8.66. The van der Waals surface area contributed by atoms with Gasteiger partial charge in [0.15, 0.2) is 0 Å². The first-order valence-electron chi connectivity index (χ1n) is 4.82. The van der Waals surface area contributed by atoms with Gasteiger partial charge >= 0.3 is 6.03 Å². The van der Waals surface area contributed by atoms with E-state index in [1.165, 1.54) is 0 Å². The Morgan fingerprint density at radius 3 is 2.46 bits per heavy atom. The number of nitrogens with zero attached hydrogens (tertiary/aromatic N) is 2. The van der Waals surface area contributed by atoms with E-state index in [-0.39, 0.29) is 6.03 Å². The third-order valence-corrected chi connectivity index (χ3v) is 2.65. The van der Waals surface area contributed by atoms with Crippen LogP contribution in [0.1, 0.15) is 20.8 Å². The van der Waals surface area contributed by atoms with Gasteiger partial charge in [0.2, 0.25) is 0 Å². The van der Waals surface area contributed by atoms with Crippen molar-refractivity contribution < 1.29 is 4.79 Å². The highest BCUT2D eigenvalue weighted by molar-refractivity contribution is 5.72. The summed E-state index contributed by atoms with van der Waals surface area (Å²) in [6, 6.07) is 0.668. The molecule has 1 atom stereocenters. The fourth-order valence-electron chi connectivity index (χ4n) is 1.94. The van der Waals surface area contributed by atoms with Crippen LogP contribution in [0, 0.1) is 0 Å². The van der Waals surface area contributed by atoms with Crippen LogP contribution in [0.25, 0.3) is 0 Å². The van der Waals surface area contributed by atoms with E-state index in [1.54, 1.807) is 4.90 Å². The lowest BCUT2D eigenvalue weighted by Gasteiger charge is -2.41. The molecule has 2 N–H and O–H groups in total. The normalized spacial score (nSPS) is 25.2. The summed E-state index contributed by atoms with van der Waals surface area (Å²) >= 11 is 0. The molecule has 1 rings (SSSR count). The van der Waals surface area contributed by atoms with Crippen LogP contribution in [0.3, 0.4) is 0 Å². The Morgan fingerprint density at radius 2 is 2.08 bits per heavy atom. The quantitative estimate of drug-likeness (QED) is 0.646. The molecule has 0 aromatic heterocycles. The molecule has 0 unspecified atom stereocenters. The summed E-state index contributed by atoms with van der Waals surface area (Å²) < 4.78 is 0. The minimum absolute atomic E-state index is 0.296. The standard InChI is InChI=1S/C9H19N3O/c1-7(2)12-5-4-11(9(10)13)6-8(12)3/h7-8H,4-6H2,1-3H3,(H2,10,13)/t8-/m1/s1. The number of nitrogens with two attached hydrogens (primary N) is 1. The lowest BCUT2D eigenvalue weighted by Crippen LogP contribution is -2.56. The molecular weight excluding hydrogens is 166 g/mol. The van der Waals surface area contributed by atoms with Gasteiger partial charge in [-0.25, -0.2) is 4.79 Å². The van der Waals surface area contributed by atoms with Crippen LogP contribution in [-0.2, 0) is 0 Å². The summed E-state index contributed by atoms with van der Waals surface area (Å²) in [4.78, 5) is 15.0. The van der Waals surface area contributed by atoms with E-state index in [0.717, 1.165) is 19.6 Å². The molecule has 1 fully saturated rings. The zero-order chi connectivity index (χ0) is 10.0. The molecule has 1 saturated heterocycles. The fraction of sp³-hybridized carbons (Fsp3) is 0.889. The van der Waals surface area contributed by atoms with Crippen molar-refractivity contribution in [1.29, 1.82) is 0 Å². The molecule has 0 bridgehead atoms. The molecule has 0 radical (unpaired) electrons. The van der Waals surface area contributed by atoms with Crippen LogP contribution < -0.4 is 5.73 Å². The van der Waals surface area contributed by atoms with Gasteiger partial charge in [0.25, 0.3) is 0 Å². The van der Waals surface area contributed by atoms with Crippen molar-refractivity contribution in [3.8, 4) is 0 Å². The maximum absolute atomic E-state index is 10.9.